The first-order chi connectivity index (χ1) is 12.5. The van der Waals surface area contributed by atoms with Crippen LogP contribution in [0.15, 0.2) is 47.4 Å². The first kappa shape index (κ1) is 17.6. The SMILES string of the molecule is O=C(Cn1cc([N+](=O)[O-])ccc1=O)N1CCN(c2ccccc2F)CC1. The maximum absolute atomic E-state index is 13.8. The molecule has 1 aromatic carbocycles. The Bertz CT molecular complexity index is 890. The minimum atomic E-state index is -0.617. The van der Waals surface area contributed by atoms with E-state index in [9.17, 15) is 24.1 Å². The molecule has 9 heteroatoms. The molecule has 0 spiro atoms. The number of amides is 1. The van der Waals surface area contributed by atoms with E-state index in [2.05, 4.69) is 0 Å². The van der Waals surface area contributed by atoms with E-state index in [-0.39, 0.29) is 24.0 Å². The van der Waals surface area contributed by atoms with E-state index in [1.807, 2.05) is 4.90 Å². The minimum absolute atomic E-state index is 0.248. The first-order valence-corrected chi connectivity index (χ1v) is 8.08. The highest BCUT2D eigenvalue weighted by Gasteiger charge is 2.23. The van der Waals surface area contributed by atoms with Gasteiger partial charge in [-0.2, -0.15) is 0 Å². The molecule has 0 radical (unpaired) electrons. The van der Waals surface area contributed by atoms with Gasteiger partial charge in [-0.05, 0) is 12.1 Å². The lowest BCUT2D eigenvalue weighted by Gasteiger charge is -2.36. The van der Waals surface area contributed by atoms with Crippen LogP contribution in [0.3, 0.4) is 0 Å². The van der Waals surface area contributed by atoms with Crippen molar-refractivity contribution in [3.8, 4) is 0 Å². The number of hydrogen-bond donors (Lipinski definition) is 0. The lowest BCUT2D eigenvalue weighted by Crippen LogP contribution is -2.50. The summed E-state index contributed by atoms with van der Waals surface area (Å²) in [7, 11) is 0. The van der Waals surface area contributed by atoms with Crippen molar-refractivity contribution in [3.63, 3.8) is 0 Å². The third-order valence-corrected chi connectivity index (χ3v) is 4.31. The number of nitrogens with zero attached hydrogens (tertiary/aromatic N) is 4. The number of anilines is 1. The van der Waals surface area contributed by atoms with Gasteiger partial charge >= 0.3 is 0 Å². The fourth-order valence-corrected chi connectivity index (χ4v) is 2.90. The Morgan fingerprint density at radius 3 is 2.46 bits per heavy atom. The number of aromatic nitrogens is 1. The normalized spacial score (nSPS) is 14.3. The smallest absolute Gasteiger partial charge is 0.285 e. The summed E-state index contributed by atoms with van der Waals surface area (Å²) in [6.45, 7) is 1.45. The lowest BCUT2D eigenvalue weighted by molar-refractivity contribution is -0.385. The molecule has 2 aromatic rings. The molecule has 8 nitrogen and oxygen atoms in total. The average molecular weight is 360 g/mol. The van der Waals surface area contributed by atoms with Crippen LogP contribution in [0, 0.1) is 15.9 Å². The van der Waals surface area contributed by atoms with Gasteiger partial charge in [0.25, 0.3) is 11.2 Å². The molecule has 1 amide bonds. The summed E-state index contributed by atoms with van der Waals surface area (Å²) < 4.78 is 14.9. The standard InChI is InChI=1S/C17H17FN4O4/c18-14-3-1-2-4-15(14)19-7-9-20(10-8-19)17(24)12-21-11-13(22(25)26)5-6-16(21)23/h1-6,11H,7-10,12H2. The van der Waals surface area contributed by atoms with Gasteiger partial charge in [-0.25, -0.2) is 4.39 Å². The van der Waals surface area contributed by atoms with Crippen LogP contribution in [-0.2, 0) is 11.3 Å². The fourth-order valence-electron chi connectivity index (χ4n) is 2.90. The molecule has 136 valence electrons. The lowest BCUT2D eigenvalue weighted by atomic mass is 10.2. The molecule has 1 fully saturated rings. The van der Waals surface area contributed by atoms with Crippen LogP contribution in [0.5, 0.6) is 0 Å². The predicted molar refractivity (Wildman–Crippen MR) is 92.5 cm³/mol. The molecule has 1 aliphatic rings. The van der Waals surface area contributed by atoms with Crippen LogP contribution >= 0.6 is 0 Å². The quantitative estimate of drug-likeness (QED) is 0.605. The van der Waals surface area contributed by atoms with Crippen molar-refractivity contribution >= 4 is 17.3 Å². The molecular formula is C17H17FN4O4. The number of carbonyl (C=O) groups excluding carboxylic acids is 1. The van der Waals surface area contributed by atoms with E-state index in [4.69, 9.17) is 0 Å². The van der Waals surface area contributed by atoms with Crippen molar-refractivity contribution in [2.45, 2.75) is 6.54 Å². The molecular weight excluding hydrogens is 343 g/mol. The predicted octanol–water partition coefficient (Wildman–Crippen LogP) is 1.24. The van der Waals surface area contributed by atoms with Crippen LogP contribution in [0.25, 0.3) is 0 Å². The Hall–Kier alpha value is -3.23. The highest BCUT2D eigenvalue weighted by atomic mass is 19.1. The summed E-state index contributed by atoms with van der Waals surface area (Å²) in [6.07, 6.45) is 1.07. The average Bonchev–Trinajstić information content (AvgIpc) is 2.64. The molecule has 0 atom stereocenters. The van der Waals surface area contributed by atoms with Gasteiger partial charge in [-0.15, -0.1) is 0 Å². The summed E-state index contributed by atoms with van der Waals surface area (Å²) in [5.74, 6) is -0.615. The first-order valence-electron chi connectivity index (χ1n) is 8.08. The van der Waals surface area contributed by atoms with Crippen molar-refractivity contribution in [1.82, 2.24) is 9.47 Å². The van der Waals surface area contributed by atoms with Crippen molar-refractivity contribution < 1.29 is 14.1 Å². The Morgan fingerprint density at radius 2 is 1.81 bits per heavy atom. The Labute approximate surface area is 148 Å². The van der Waals surface area contributed by atoms with Crippen LogP contribution in [0.2, 0.25) is 0 Å². The Kier molecular flexibility index (Phi) is 4.97. The third kappa shape index (κ3) is 3.71. The van der Waals surface area contributed by atoms with Gasteiger partial charge in [-0.1, -0.05) is 12.1 Å². The summed E-state index contributed by atoms with van der Waals surface area (Å²) >= 11 is 0. The van der Waals surface area contributed by atoms with Gasteiger partial charge in [0, 0.05) is 38.3 Å². The Morgan fingerprint density at radius 1 is 1.12 bits per heavy atom. The molecule has 1 saturated heterocycles. The monoisotopic (exact) mass is 360 g/mol. The maximum atomic E-state index is 13.8. The summed E-state index contributed by atoms with van der Waals surface area (Å²) in [5.41, 5.74) is -0.231. The van der Waals surface area contributed by atoms with E-state index >= 15 is 0 Å². The number of carbonyl (C=O) groups is 1. The molecule has 3 rings (SSSR count). The zero-order chi connectivity index (χ0) is 18.7. The number of pyridine rings is 1. The second-order valence-electron chi connectivity index (χ2n) is 5.93. The number of hydrogen-bond acceptors (Lipinski definition) is 5. The summed E-state index contributed by atoms with van der Waals surface area (Å²) in [6, 6.07) is 8.63. The molecule has 0 aliphatic carbocycles. The maximum Gasteiger partial charge on any atom is 0.285 e. The number of benzene rings is 1. The molecule has 2 heterocycles. The van der Waals surface area contributed by atoms with Gasteiger partial charge in [0.05, 0.1) is 16.8 Å². The number of nitro groups is 1. The third-order valence-electron chi connectivity index (χ3n) is 4.31. The van der Waals surface area contributed by atoms with Crippen molar-refractivity contribution in [2.75, 3.05) is 31.1 Å². The van der Waals surface area contributed by atoms with Crippen molar-refractivity contribution in [1.29, 1.82) is 0 Å². The molecule has 0 saturated carbocycles. The minimum Gasteiger partial charge on any atom is -0.366 e. The largest absolute Gasteiger partial charge is 0.366 e. The second kappa shape index (κ2) is 7.34. The van der Waals surface area contributed by atoms with E-state index in [0.717, 1.165) is 22.9 Å². The summed E-state index contributed by atoms with van der Waals surface area (Å²) in [5, 5.41) is 10.8. The molecule has 1 aliphatic heterocycles. The van der Waals surface area contributed by atoms with Gasteiger partial charge in [0.15, 0.2) is 0 Å². The van der Waals surface area contributed by atoms with Gasteiger partial charge in [-0.3, -0.25) is 24.3 Å². The van der Waals surface area contributed by atoms with Crippen molar-refractivity contribution in [2.24, 2.45) is 0 Å². The van der Waals surface area contributed by atoms with E-state index in [1.165, 1.54) is 6.07 Å². The van der Waals surface area contributed by atoms with Gasteiger partial charge in [0.2, 0.25) is 5.91 Å². The van der Waals surface area contributed by atoms with Gasteiger partial charge in [0.1, 0.15) is 12.4 Å². The molecule has 1 aromatic heterocycles. The topological polar surface area (TPSA) is 88.7 Å². The van der Waals surface area contributed by atoms with Crippen LogP contribution < -0.4 is 10.5 Å². The van der Waals surface area contributed by atoms with Crippen molar-refractivity contribution in [3.05, 3.63) is 68.9 Å². The fraction of sp³-hybridized carbons (Fsp3) is 0.294. The number of halogens is 1. The Balaban J connectivity index is 1.64. The van der Waals surface area contributed by atoms with Crippen LogP contribution in [-0.4, -0.2) is 46.5 Å². The van der Waals surface area contributed by atoms with Gasteiger partial charge < -0.3 is 9.80 Å². The number of piperazine rings is 1. The zero-order valence-corrected chi connectivity index (χ0v) is 13.9. The second-order valence-corrected chi connectivity index (χ2v) is 5.93. The molecule has 0 N–H and O–H groups in total. The molecule has 0 bridgehead atoms. The van der Waals surface area contributed by atoms with Crippen LogP contribution in [0.4, 0.5) is 15.8 Å². The highest BCUT2D eigenvalue weighted by Crippen LogP contribution is 2.20. The molecule has 0 unspecified atom stereocenters. The number of para-hydroxylation sites is 1. The highest BCUT2D eigenvalue weighted by molar-refractivity contribution is 5.76. The van der Waals surface area contributed by atoms with E-state index < -0.39 is 10.5 Å². The van der Waals surface area contributed by atoms with Crippen LogP contribution in [0.1, 0.15) is 0 Å². The molecule has 26 heavy (non-hydrogen) atoms. The zero-order valence-electron chi connectivity index (χ0n) is 13.9. The van der Waals surface area contributed by atoms with E-state index in [1.54, 1.807) is 23.1 Å². The van der Waals surface area contributed by atoms with E-state index in [0.29, 0.717) is 31.9 Å². The summed E-state index contributed by atoms with van der Waals surface area (Å²) in [4.78, 5) is 37.8. The number of rotatable bonds is 4.